The van der Waals surface area contributed by atoms with Gasteiger partial charge in [0.25, 0.3) is 0 Å². The molecule has 21 heavy (non-hydrogen) atoms. The molecule has 2 aromatic rings. The summed E-state index contributed by atoms with van der Waals surface area (Å²) in [5, 5.41) is 12.6. The SMILES string of the molecule is Cc1cc(CCC(N)CO)ccc1Nc1ncc(Cl)cn1. The van der Waals surface area contributed by atoms with Gasteiger partial charge in [0.1, 0.15) is 0 Å². The third kappa shape index (κ3) is 4.67. The number of aliphatic hydroxyl groups is 1. The van der Waals surface area contributed by atoms with Gasteiger partial charge in [0.15, 0.2) is 0 Å². The van der Waals surface area contributed by atoms with Gasteiger partial charge in [0.05, 0.1) is 24.0 Å². The molecule has 1 heterocycles. The van der Waals surface area contributed by atoms with Crippen molar-refractivity contribution < 1.29 is 5.11 Å². The van der Waals surface area contributed by atoms with Crippen LogP contribution in [0.5, 0.6) is 0 Å². The van der Waals surface area contributed by atoms with Gasteiger partial charge in [0, 0.05) is 11.7 Å². The number of aryl methyl sites for hydroxylation is 2. The number of aliphatic hydroxyl groups excluding tert-OH is 1. The van der Waals surface area contributed by atoms with Crippen LogP contribution in [0.1, 0.15) is 17.5 Å². The summed E-state index contributed by atoms with van der Waals surface area (Å²) in [5.41, 5.74) is 8.96. The van der Waals surface area contributed by atoms with Crippen molar-refractivity contribution in [3.63, 3.8) is 0 Å². The van der Waals surface area contributed by atoms with Crippen molar-refractivity contribution in [1.82, 2.24) is 9.97 Å². The van der Waals surface area contributed by atoms with Crippen LogP contribution < -0.4 is 11.1 Å². The molecule has 4 N–H and O–H groups in total. The fourth-order valence-corrected chi connectivity index (χ4v) is 2.06. The first-order valence-corrected chi connectivity index (χ1v) is 7.17. The monoisotopic (exact) mass is 306 g/mol. The van der Waals surface area contributed by atoms with Crippen molar-refractivity contribution in [3.8, 4) is 0 Å². The minimum atomic E-state index is -0.162. The molecule has 5 nitrogen and oxygen atoms in total. The number of halogens is 1. The van der Waals surface area contributed by atoms with Gasteiger partial charge in [-0.25, -0.2) is 9.97 Å². The molecule has 0 saturated carbocycles. The molecule has 0 aliphatic rings. The minimum absolute atomic E-state index is 0.0204. The summed E-state index contributed by atoms with van der Waals surface area (Å²) < 4.78 is 0. The van der Waals surface area contributed by atoms with Gasteiger partial charge in [-0.15, -0.1) is 0 Å². The van der Waals surface area contributed by atoms with E-state index in [1.807, 2.05) is 19.1 Å². The minimum Gasteiger partial charge on any atom is -0.395 e. The third-order valence-corrected chi connectivity index (χ3v) is 3.39. The molecule has 2 rings (SSSR count). The maximum absolute atomic E-state index is 8.94. The van der Waals surface area contributed by atoms with Crippen LogP contribution in [-0.4, -0.2) is 27.7 Å². The van der Waals surface area contributed by atoms with E-state index in [-0.39, 0.29) is 12.6 Å². The first-order valence-electron chi connectivity index (χ1n) is 6.79. The number of nitrogens with zero attached hydrogens (tertiary/aromatic N) is 2. The van der Waals surface area contributed by atoms with Gasteiger partial charge in [-0.2, -0.15) is 0 Å². The Morgan fingerprint density at radius 1 is 1.33 bits per heavy atom. The fraction of sp³-hybridized carbons (Fsp3) is 0.333. The van der Waals surface area contributed by atoms with Crippen molar-refractivity contribution in [1.29, 1.82) is 0 Å². The Kier molecular flexibility index (Phi) is 5.50. The van der Waals surface area contributed by atoms with E-state index >= 15 is 0 Å². The molecule has 1 aromatic heterocycles. The Morgan fingerprint density at radius 3 is 2.67 bits per heavy atom. The normalized spacial score (nSPS) is 12.2. The summed E-state index contributed by atoms with van der Waals surface area (Å²) >= 11 is 5.76. The summed E-state index contributed by atoms with van der Waals surface area (Å²) in [7, 11) is 0. The number of hydrogen-bond donors (Lipinski definition) is 3. The number of nitrogens with one attached hydrogen (secondary N) is 1. The number of aromatic nitrogens is 2. The van der Waals surface area contributed by atoms with Crippen molar-refractivity contribution in [3.05, 3.63) is 46.7 Å². The maximum Gasteiger partial charge on any atom is 0.227 e. The number of anilines is 2. The highest BCUT2D eigenvalue weighted by Crippen LogP contribution is 2.20. The quantitative estimate of drug-likeness (QED) is 0.763. The van der Waals surface area contributed by atoms with Crippen LogP contribution in [0.2, 0.25) is 5.02 Å². The maximum atomic E-state index is 8.94. The second-order valence-electron chi connectivity index (χ2n) is 4.98. The first-order chi connectivity index (χ1) is 10.1. The lowest BCUT2D eigenvalue weighted by Crippen LogP contribution is -2.24. The van der Waals surface area contributed by atoms with Crippen molar-refractivity contribution in [2.45, 2.75) is 25.8 Å². The van der Waals surface area contributed by atoms with Gasteiger partial charge in [-0.05, 0) is 37.0 Å². The molecule has 6 heteroatoms. The molecule has 0 aliphatic carbocycles. The largest absolute Gasteiger partial charge is 0.395 e. The summed E-state index contributed by atoms with van der Waals surface area (Å²) in [6.07, 6.45) is 4.72. The second kappa shape index (κ2) is 7.36. The summed E-state index contributed by atoms with van der Waals surface area (Å²) in [5.74, 6) is 0.512. The molecular formula is C15H19ClN4O. The Hall–Kier alpha value is -1.69. The molecule has 112 valence electrons. The average Bonchev–Trinajstić information content (AvgIpc) is 2.49. The van der Waals surface area contributed by atoms with E-state index in [1.54, 1.807) is 12.4 Å². The highest BCUT2D eigenvalue weighted by atomic mass is 35.5. The zero-order chi connectivity index (χ0) is 15.2. The standard InChI is InChI=1S/C15H19ClN4O/c1-10-6-11(2-4-13(17)9-21)3-5-14(10)20-15-18-7-12(16)8-19-15/h3,5-8,13,21H,2,4,9,17H2,1H3,(H,18,19,20). The molecule has 0 amide bonds. The van der Waals surface area contributed by atoms with E-state index in [0.29, 0.717) is 11.0 Å². The summed E-state index contributed by atoms with van der Waals surface area (Å²) in [6.45, 7) is 2.04. The number of benzene rings is 1. The van der Waals surface area contributed by atoms with Crippen LogP contribution in [0.15, 0.2) is 30.6 Å². The van der Waals surface area contributed by atoms with E-state index in [2.05, 4.69) is 21.4 Å². The third-order valence-electron chi connectivity index (χ3n) is 3.20. The van der Waals surface area contributed by atoms with Gasteiger partial charge in [-0.1, -0.05) is 23.7 Å². The number of rotatable bonds is 6. The summed E-state index contributed by atoms with van der Waals surface area (Å²) in [4.78, 5) is 8.22. The molecule has 0 aliphatic heterocycles. The van der Waals surface area contributed by atoms with E-state index in [0.717, 1.165) is 24.1 Å². The Labute approximate surface area is 129 Å². The van der Waals surface area contributed by atoms with Crippen LogP contribution >= 0.6 is 11.6 Å². The first kappa shape index (κ1) is 15.7. The molecule has 1 unspecified atom stereocenters. The predicted octanol–water partition coefficient (Wildman–Crippen LogP) is 2.43. The second-order valence-corrected chi connectivity index (χ2v) is 5.42. The molecule has 0 bridgehead atoms. The van der Waals surface area contributed by atoms with E-state index < -0.39 is 0 Å². The van der Waals surface area contributed by atoms with Crippen LogP contribution in [0, 0.1) is 6.92 Å². The Balaban J connectivity index is 2.03. The molecule has 1 aromatic carbocycles. The van der Waals surface area contributed by atoms with Crippen LogP contribution in [0.4, 0.5) is 11.6 Å². The van der Waals surface area contributed by atoms with Crippen molar-refractivity contribution in [2.75, 3.05) is 11.9 Å². The Bertz CT molecular complexity index is 589. The fourth-order valence-electron chi connectivity index (χ4n) is 1.96. The molecule has 0 fully saturated rings. The average molecular weight is 307 g/mol. The molecule has 0 saturated heterocycles. The van der Waals surface area contributed by atoms with Crippen LogP contribution in [0.25, 0.3) is 0 Å². The van der Waals surface area contributed by atoms with Crippen molar-refractivity contribution in [2.24, 2.45) is 5.73 Å². The van der Waals surface area contributed by atoms with Crippen molar-refractivity contribution >= 4 is 23.2 Å². The predicted molar refractivity (Wildman–Crippen MR) is 84.9 cm³/mol. The smallest absolute Gasteiger partial charge is 0.227 e. The summed E-state index contributed by atoms with van der Waals surface area (Å²) in [6, 6.07) is 5.97. The number of hydrogen-bond acceptors (Lipinski definition) is 5. The van der Waals surface area contributed by atoms with Crippen LogP contribution in [-0.2, 0) is 6.42 Å². The lowest BCUT2D eigenvalue weighted by Gasteiger charge is -2.11. The zero-order valence-corrected chi connectivity index (χ0v) is 12.6. The molecular weight excluding hydrogens is 288 g/mol. The highest BCUT2D eigenvalue weighted by molar-refractivity contribution is 6.30. The van der Waals surface area contributed by atoms with Gasteiger partial charge in [-0.3, -0.25) is 0 Å². The Morgan fingerprint density at radius 2 is 2.05 bits per heavy atom. The van der Waals surface area contributed by atoms with E-state index in [9.17, 15) is 0 Å². The highest BCUT2D eigenvalue weighted by Gasteiger charge is 2.05. The van der Waals surface area contributed by atoms with Crippen LogP contribution in [0.3, 0.4) is 0 Å². The molecule has 1 atom stereocenters. The number of nitrogens with two attached hydrogens (primary N) is 1. The van der Waals surface area contributed by atoms with Gasteiger partial charge >= 0.3 is 0 Å². The molecule has 0 radical (unpaired) electrons. The topological polar surface area (TPSA) is 84.1 Å². The van der Waals surface area contributed by atoms with E-state index in [4.69, 9.17) is 22.4 Å². The lowest BCUT2D eigenvalue weighted by molar-refractivity contribution is 0.260. The lowest BCUT2D eigenvalue weighted by atomic mass is 10.0. The van der Waals surface area contributed by atoms with Gasteiger partial charge in [0.2, 0.25) is 5.95 Å². The zero-order valence-electron chi connectivity index (χ0n) is 11.9. The van der Waals surface area contributed by atoms with E-state index in [1.165, 1.54) is 5.56 Å². The van der Waals surface area contributed by atoms with Gasteiger partial charge < -0.3 is 16.2 Å². The molecule has 0 spiro atoms.